The maximum atomic E-state index is 12.0. The number of nitrogens with two attached hydrogens (primary N) is 1. The molecule has 0 saturated carbocycles. The minimum absolute atomic E-state index is 0.119. The molecule has 3 aromatic rings. The van der Waals surface area contributed by atoms with E-state index in [0.717, 1.165) is 15.4 Å². The molecule has 3 rings (SSSR count). The summed E-state index contributed by atoms with van der Waals surface area (Å²) in [4.78, 5) is 19.3. The summed E-state index contributed by atoms with van der Waals surface area (Å²) in [6, 6.07) is 5.57. The number of anilines is 1. The third kappa shape index (κ3) is 2.52. The molecular formula is C12H11N5OS2. The van der Waals surface area contributed by atoms with Crippen molar-refractivity contribution in [2.75, 3.05) is 5.73 Å². The van der Waals surface area contributed by atoms with Gasteiger partial charge in [0.1, 0.15) is 5.82 Å². The zero-order chi connectivity index (χ0) is 14.1. The summed E-state index contributed by atoms with van der Waals surface area (Å²) in [5.41, 5.74) is 7.13. The SMILES string of the molecule is Cc1cccc2c(=O)[nH]c(CSc3nnc(N)s3)nc12. The van der Waals surface area contributed by atoms with Crippen molar-refractivity contribution in [3.05, 3.63) is 39.9 Å². The second-order valence-corrected chi connectivity index (χ2v) is 6.41. The van der Waals surface area contributed by atoms with Gasteiger partial charge in [-0.3, -0.25) is 4.79 Å². The minimum Gasteiger partial charge on any atom is -0.374 e. The fourth-order valence-electron chi connectivity index (χ4n) is 1.83. The number of thioether (sulfide) groups is 1. The number of hydrogen-bond donors (Lipinski definition) is 2. The van der Waals surface area contributed by atoms with Gasteiger partial charge in [-0.05, 0) is 18.6 Å². The van der Waals surface area contributed by atoms with Gasteiger partial charge in [-0.2, -0.15) is 0 Å². The second-order valence-electron chi connectivity index (χ2n) is 4.18. The molecule has 102 valence electrons. The predicted octanol–water partition coefficient (Wildman–Crippen LogP) is 1.96. The Kier molecular flexibility index (Phi) is 3.41. The first-order valence-electron chi connectivity index (χ1n) is 5.84. The molecule has 0 aliphatic carbocycles. The van der Waals surface area contributed by atoms with Crippen molar-refractivity contribution in [3.8, 4) is 0 Å². The van der Waals surface area contributed by atoms with Crippen molar-refractivity contribution >= 4 is 39.1 Å². The highest BCUT2D eigenvalue weighted by molar-refractivity contribution is 8.00. The van der Waals surface area contributed by atoms with E-state index in [0.29, 0.717) is 22.1 Å². The lowest BCUT2D eigenvalue weighted by Crippen LogP contribution is -2.11. The van der Waals surface area contributed by atoms with Crippen molar-refractivity contribution in [1.82, 2.24) is 20.2 Å². The summed E-state index contributed by atoms with van der Waals surface area (Å²) in [5, 5.41) is 8.71. The van der Waals surface area contributed by atoms with E-state index in [2.05, 4.69) is 20.2 Å². The van der Waals surface area contributed by atoms with E-state index in [1.165, 1.54) is 23.1 Å². The van der Waals surface area contributed by atoms with Gasteiger partial charge in [0.05, 0.1) is 16.7 Å². The highest BCUT2D eigenvalue weighted by Crippen LogP contribution is 2.26. The Morgan fingerprint density at radius 2 is 2.25 bits per heavy atom. The lowest BCUT2D eigenvalue weighted by molar-refractivity contribution is 1.00. The molecule has 0 spiro atoms. The molecule has 0 atom stereocenters. The normalized spacial score (nSPS) is 11.1. The molecule has 0 saturated heterocycles. The van der Waals surface area contributed by atoms with Crippen molar-refractivity contribution < 1.29 is 0 Å². The maximum absolute atomic E-state index is 12.0. The van der Waals surface area contributed by atoms with E-state index in [-0.39, 0.29) is 5.56 Å². The number of H-pyrrole nitrogens is 1. The predicted molar refractivity (Wildman–Crippen MR) is 81.0 cm³/mol. The summed E-state index contributed by atoms with van der Waals surface area (Å²) in [5.74, 6) is 1.14. The Hall–Kier alpha value is -1.93. The molecule has 1 aromatic carbocycles. The Morgan fingerprint density at radius 3 is 3.00 bits per heavy atom. The highest BCUT2D eigenvalue weighted by Gasteiger charge is 2.08. The van der Waals surface area contributed by atoms with Crippen LogP contribution in [0.4, 0.5) is 5.13 Å². The fraction of sp³-hybridized carbons (Fsp3) is 0.167. The van der Waals surface area contributed by atoms with Crippen LogP contribution in [0.25, 0.3) is 10.9 Å². The van der Waals surface area contributed by atoms with E-state index in [9.17, 15) is 4.79 Å². The van der Waals surface area contributed by atoms with Gasteiger partial charge in [0.15, 0.2) is 4.34 Å². The number of aromatic nitrogens is 4. The van der Waals surface area contributed by atoms with Crippen LogP contribution in [-0.2, 0) is 5.75 Å². The van der Waals surface area contributed by atoms with Crippen LogP contribution in [0.15, 0.2) is 27.3 Å². The van der Waals surface area contributed by atoms with Crippen LogP contribution >= 0.6 is 23.1 Å². The third-order valence-electron chi connectivity index (χ3n) is 2.74. The molecule has 8 heteroatoms. The van der Waals surface area contributed by atoms with Crippen LogP contribution in [0.5, 0.6) is 0 Å². The number of fused-ring (bicyclic) bond motifs is 1. The number of nitrogen functional groups attached to an aromatic ring is 1. The Balaban J connectivity index is 1.92. The number of nitrogens with one attached hydrogen (secondary N) is 1. The first-order valence-corrected chi connectivity index (χ1v) is 7.64. The first-order chi connectivity index (χ1) is 9.63. The van der Waals surface area contributed by atoms with Gasteiger partial charge in [-0.1, -0.05) is 35.2 Å². The number of benzene rings is 1. The van der Waals surface area contributed by atoms with E-state index in [4.69, 9.17) is 5.73 Å². The summed E-state index contributed by atoms with van der Waals surface area (Å²) in [6.45, 7) is 1.94. The van der Waals surface area contributed by atoms with E-state index in [1.807, 2.05) is 19.1 Å². The Bertz CT molecular complexity index is 826. The monoisotopic (exact) mass is 305 g/mol. The number of rotatable bonds is 3. The van der Waals surface area contributed by atoms with Crippen molar-refractivity contribution in [3.63, 3.8) is 0 Å². The molecule has 0 bridgehead atoms. The molecule has 0 aliphatic rings. The Labute approximate surface area is 122 Å². The molecule has 2 aromatic heterocycles. The minimum atomic E-state index is -0.119. The van der Waals surface area contributed by atoms with Gasteiger partial charge in [-0.15, -0.1) is 10.2 Å². The van der Waals surface area contributed by atoms with E-state index >= 15 is 0 Å². The van der Waals surface area contributed by atoms with Gasteiger partial charge in [-0.25, -0.2) is 4.98 Å². The lowest BCUT2D eigenvalue weighted by atomic mass is 10.1. The largest absolute Gasteiger partial charge is 0.374 e. The van der Waals surface area contributed by atoms with Crippen LogP contribution in [0, 0.1) is 6.92 Å². The molecule has 3 N–H and O–H groups in total. The number of aryl methyl sites for hydroxylation is 1. The summed E-state index contributed by atoms with van der Waals surface area (Å²) in [7, 11) is 0. The van der Waals surface area contributed by atoms with Gasteiger partial charge in [0, 0.05) is 0 Å². The van der Waals surface area contributed by atoms with Crippen LogP contribution < -0.4 is 11.3 Å². The fourth-order valence-corrected chi connectivity index (χ4v) is 3.34. The van der Waals surface area contributed by atoms with Crippen LogP contribution in [-0.4, -0.2) is 20.2 Å². The zero-order valence-corrected chi connectivity index (χ0v) is 12.2. The topological polar surface area (TPSA) is 97.5 Å². The molecule has 2 heterocycles. The van der Waals surface area contributed by atoms with E-state index < -0.39 is 0 Å². The van der Waals surface area contributed by atoms with Gasteiger partial charge >= 0.3 is 0 Å². The summed E-state index contributed by atoms with van der Waals surface area (Å²) >= 11 is 2.77. The standard InChI is InChI=1S/C12H11N5OS2/c1-6-3-2-4-7-9(6)14-8(15-10(7)18)5-19-12-17-16-11(13)20-12/h2-4H,5H2,1H3,(H2,13,16)(H,14,15,18). The van der Waals surface area contributed by atoms with Crippen molar-refractivity contribution in [2.24, 2.45) is 0 Å². The smallest absolute Gasteiger partial charge is 0.258 e. The van der Waals surface area contributed by atoms with Crippen LogP contribution in [0.1, 0.15) is 11.4 Å². The number of nitrogens with zero attached hydrogens (tertiary/aromatic N) is 3. The van der Waals surface area contributed by atoms with Gasteiger partial charge in [0.2, 0.25) is 5.13 Å². The van der Waals surface area contributed by atoms with Gasteiger partial charge in [0.25, 0.3) is 5.56 Å². The molecule has 0 radical (unpaired) electrons. The molecule has 0 aliphatic heterocycles. The molecule has 20 heavy (non-hydrogen) atoms. The maximum Gasteiger partial charge on any atom is 0.258 e. The number of para-hydroxylation sites is 1. The zero-order valence-electron chi connectivity index (χ0n) is 10.6. The number of hydrogen-bond acceptors (Lipinski definition) is 7. The first kappa shape index (κ1) is 13.1. The highest BCUT2D eigenvalue weighted by atomic mass is 32.2. The molecule has 0 unspecified atom stereocenters. The van der Waals surface area contributed by atoms with Crippen LogP contribution in [0.3, 0.4) is 0 Å². The Morgan fingerprint density at radius 1 is 1.40 bits per heavy atom. The van der Waals surface area contributed by atoms with E-state index in [1.54, 1.807) is 6.07 Å². The van der Waals surface area contributed by atoms with Gasteiger partial charge < -0.3 is 10.7 Å². The lowest BCUT2D eigenvalue weighted by Gasteiger charge is -2.03. The van der Waals surface area contributed by atoms with Crippen LogP contribution in [0.2, 0.25) is 0 Å². The number of aromatic amines is 1. The molecule has 6 nitrogen and oxygen atoms in total. The average Bonchev–Trinajstić information content (AvgIpc) is 2.84. The summed E-state index contributed by atoms with van der Waals surface area (Å²) < 4.78 is 0.759. The van der Waals surface area contributed by atoms with Crippen molar-refractivity contribution in [2.45, 2.75) is 17.0 Å². The molecular weight excluding hydrogens is 294 g/mol. The molecule has 0 fully saturated rings. The molecule has 0 amide bonds. The van der Waals surface area contributed by atoms with Crippen molar-refractivity contribution in [1.29, 1.82) is 0 Å². The summed E-state index contributed by atoms with van der Waals surface area (Å²) in [6.07, 6.45) is 0. The second kappa shape index (κ2) is 5.22. The quantitative estimate of drug-likeness (QED) is 0.718. The average molecular weight is 305 g/mol. The third-order valence-corrected chi connectivity index (χ3v) is 4.64.